The van der Waals surface area contributed by atoms with Gasteiger partial charge < -0.3 is 14.5 Å². The molecule has 1 aromatic heterocycles. The second-order valence-electron chi connectivity index (χ2n) is 4.60. The lowest BCUT2D eigenvalue weighted by atomic mass is 10.3. The largest absolute Gasteiger partial charge is 0.450 e. The number of pyridine rings is 1. The van der Waals surface area contributed by atoms with Gasteiger partial charge in [-0.05, 0) is 25.1 Å². The molecule has 1 saturated heterocycles. The van der Waals surface area contributed by atoms with Crippen LogP contribution < -0.4 is 0 Å². The van der Waals surface area contributed by atoms with Crippen LogP contribution in [0.3, 0.4) is 0 Å². The zero-order valence-electron chi connectivity index (χ0n) is 12.1. The minimum absolute atomic E-state index is 0.0656. The van der Waals surface area contributed by atoms with E-state index in [9.17, 15) is 9.59 Å². The second-order valence-corrected chi connectivity index (χ2v) is 4.60. The highest BCUT2D eigenvalue weighted by Gasteiger charge is 2.23. The molecule has 1 aliphatic heterocycles. The smallest absolute Gasteiger partial charge is 0.409 e. The number of hydrogen-bond donors (Lipinski definition) is 0. The van der Waals surface area contributed by atoms with Crippen LogP contribution in [0, 0.1) is 0 Å². The molecule has 0 unspecified atom stereocenters. The average Bonchev–Trinajstić information content (AvgIpc) is 2.54. The van der Waals surface area contributed by atoms with Gasteiger partial charge in [-0.25, -0.2) is 4.79 Å². The van der Waals surface area contributed by atoms with Crippen LogP contribution >= 0.6 is 0 Å². The summed E-state index contributed by atoms with van der Waals surface area (Å²) in [6, 6.07) is 5.53. The SMILES string of the molecule is CCOC(=O)N1CCN(C(=O)/C=C/c2ccccn2)CC1. The molecule has 2 amide bonds. The van der Waals surface area contributed by atoms with E-state index in [1.165, 1.54) is 6.08 Å². The van der Waals surface area contributed by atoms with Gasteiger partial charge in [-0.1, -0.05) is 6.07 Å². The minimum atomic E-state index is -0.311. The van der Waals surface area contributed by atoms with E-state index < -0.39 is 0 Å². The van der Waals surface area contributed by atoms with Crippen molar-refractivity contribution in [2.24, 2.45) is 0 Å². The Balaban J connectivity index is 1.83. The summed E-state index contributed by atoms with van der Waals surface area (Å²) in [5, 5.41) is 0. The Morgan fingerprint density at radius 2 is 1.95 bits per heavy atom. The van der Waals surface area contributed by atoms with Crippen LogP contribution in [0.2, 0.25) is 0 Å². The van der Waals surface area contributed by atoms with Crippen molar-refractivity contribution in [1.82, 2.24) is 14.8 Å². The number of piperazine rings is 1. The van der Waals surface area contributed by atoms with E-state index in [2.05, 4.69) is 4.98 Å². The maximum Gasteiger partial charge on any atom is 0.409 e. The molecule has 1 aliphatic rings. The van der Waals surface area contributed by atoms with Gasteiger partial charge in [0.2, 0.25) is 5.91 Å². The molecule has 112 valence electrons. The van der Waals surface area contributed by atoms with E-state index in [0.717, 1.165) is 5.69 Å². The highest BCUT2D eigenvalue weighted by molar-refractivity contribution is 5.91. The Morgan fingerprint density at radius 1 is 1.24 bits per heavy atom. The molecular weight excluding hydrogens is 270 g/mol. The van der Waals surface area contributed by atoms with Gasteiger partial charge in [0.05, 0.1) is 12.3 Å². The Kier molecular flexibility index (Phi) is 5.31. The first kappa shape index (κ1) is 15.0. The number of ether oxygens (including phenoxy) is 1. The molecule has 0 atom stereocenters. The fraction of sp³-hybridized carbons (Fsp3) is 0.400. The van der Waals surface area contributed by atoms with Crippen molar-refractivity contribution in [1.29, 1.82) is 0 Å². The Bertz CT molecular complexity index is 508. The number of nitrogens with zero attached hydrogens (tertiary/aromatic N) is 3. The predicted molar refractivity (Wildman–Crippen MR) is 78.4 cm³/mol. The molecular formula is C15H19N3O3. The van der Waals surface area contributed by atoms with Crippen LogP contribution in [0.25, 0.3) is 6.08 Å². The van der Waals surface area contributed by atoms with Crippen molar-refractivity contribution in [2.45, 2.75) is 6.92 Å². The van der Waals surface area contributed by atoms with Crippen LogP contribution in [0.15, 0.2) is 30.5 Å². The van der Waals surface area contributed by atoms with Crippen molar-refractivity contribution in [2.75, 3.05) is 32.8 Å². The number of hydrogen-bond acceptors (Lipinski definition) is 4. The Hall–Kier alpha value is -2.37. The topological polar surface area (TPSA) is 62.7 Å². The Labute approximate surface area is 124 Å². The molecule has 0 saturated carbocycles. The number of rotatable bonds is 3. The minimum Gasteiger partial charge on any atom is -0.450 e. The van der Waals surface area contributed by atoms with E-state index in [4.69, 9.17) is 4.74 Å². The van der Waals surface area contributed by atoms with Crippen LogP contribution in [-0.4, -0.2) is 59.6 Å². The first-order valence-electron chi connectivity index (χ1n) is 7.00. The lowest BCUT2D eigenvalue weighted by molar-refractivity contribution is -0.127. The lowest BCUT2D eigenvalue weighted by Gasteiger charge is -2.33. The third-order valence-electron chi connectivity index (χ3n) is 3.20. The molecule has 2 rings (SSSR count). The third kappa shape index (κ3) is 4.30. The summed E-state index contributed by atoms with van der Waals surface area (Å²) in [5.41, 5.74) is 0.746. The van der Waals surface area contributed by atoms with Gasteiger partial charge in [0.25, 0.3) is 0 Å². The van der Waals surface area contributed by atoms with Gasteiger partial charge in [0.1, 0.15) is 0 Å². The van der Waals surface area contributed by atoms with E-state index in [1.54, 1.807) is 29.0 Å². The van der Waals surface area contributed by atoms with E-state index >= 15 is 0 Å². The van der Waals surface area contributed by atoms with Crippen LogP contribution in [-0.2, 0) is 9.53 Å². The van der Waals surface area contributed by atoms with E-state index in [1.807, 2.05) is 18.2 Å². The first-order chi connectivity index (χ1) is 10.2. The van der Waals surface area contributed by atoms with Crippen molar-refractivity contribution in [3.63, 3.8) is 0 Å². The van der Waals surface area contributed by atoms with Gasteiger partial charge in [-0.2, -0.15) is 0 Å². The molecule has 1 fully saturated rings. The molecule has 0 bridgehead atoms. The van der Waals surface area contributed by atoms with Crippen LogP contribution in [0.5, 0.6) is 0 Å². The van der Waals surface area contributed by atoms with E-state index in [0.29, 0.717) is 32.8 Å². The average molecular weight is 289 g/mol. The normalized spacial score (nSPS) is 15.3. The summed E-state index contributed by atoms with van der Waals surface area (Å²) < 4.78 is 4.94. The maximum absolute atomic E-state index is 12.1. The molecule has 6 heteroatoms. The summed E-state index contributed by atoms with van der Waals surface area (Å²) >= 11 is 0. The van der Waals surface area contributed by atoms with Crippen molar-refractivity contribution < 1.29 is 14.3 Å². The Morgan fingerprint density at radius 3 is 2.57 bits per heavy atom. The lowest BCUT2D eigenvalue weighted by Crippen LogP contribution is -2.50. The molecule has 1 aromatic rings. The molecule has 0 aromatic carbocycles. The molecule has 0 aliphatic carbocycles. The fourth-order valence-corrected chi connectivity index (χ4v) is 2.06. The van der Waals surface area contributed by atoms with Gasteiger partial charge >= 0.3 is 6.09 Å². The van der Waals surface area contributed by atoms with Gasteiger partial charge in [0, 0.05) is 38.5 Å². The first-order valence-corrected chi connectivity index (χ1v) is 7.00. The molecule has 2 heterocycles. The number of aromatic nitrogens is 1. The third-order valence-corrected chi connectivity index (χ3v) is 3.20. The van der Waals surface area contributed by atoms with Crippen LogP contribution in [0.4, 0.5) is 4.79 Å². The monoisotopic (exact) mass is 289 g/mol. The zero-order chi connectivity index (χ0) is 15.1. The van der Waals surface area contributed by atoms with Crippen molar-refractivity contribution in [3.05, 3.63) is 36.2 Å². The molecule has 0 radical (unpaired) electrons. The molecule has 0 N–H and O–H groups in total. The van der Waals surface area contributed by atoms with E-state index in [-0.39, 0.29) is 12.0 Å². The number of carbonyl (C=O) groups is 2. The van der Waals surface area contributed by atoms with Gasteiger partial charge in [0.15, 0.2) is 0 Å². The molecule has 0 spiro atoms. The summed E-state index contributed by atoms with van der Waals surface area (Å²) in [6.07, 6.45) is 4.58. The highest BCUT2D eigenvalue weighted by atomic mass is 16.6. The number of carbonyl (C=O) groups excluding carboxylic acids is 2. The summed E-state index contributed by atoms with van der Waals surface area (Å²) in [5.74, 6) is -0.0656. The van der Waals surface area contributed by atoms with Crippen LogP contribution in [0.1, 0.15) is 12.6 Å². The number of amides is 2. The molecule has 21 heavy (non-hydrogen) atoms. The molecule has 6 nitrogen and oxygen atoms in total. The summed E-state index contributed by atoms with van der Waals surface area (Å²) in [7, 11) is 0. The van der Waals surface area contributed by atoms with Gasteiger partial charge in [-0.15, -0.1) is 0 Å². The van der Waals surface area contributed by atoms with Gasteiger partial charge in [-0.3, -0.25) is 9.78 Å². The van der Waals surface area contributed by atoms with Crippen molar-refractivity contribution in [3.8, 4) is 0 Å². The predicted octanol–water partition coefficient (Wildman–Crippen LogP) is 1.40. The second kappa shape index (κ2) is 7.42. The quantitative estimate of drug-likeness (QED) is 0.789. The zero-order valence-corrected chi connectivity index (χ0v) is 12.1. The summed E-state index contributed by atoms with van der Waals surface area (Å²) in [6.45, 7) is 4.18. The highest BCUT2D eigenvalue weighted by Crippen LogP contribution is 2.06. The fourth-order valence-electron chi connectivity index (χ4n) is 2.06. The standard InChI is InChI=1S/C15H19N3O3/c1-2-21-15(20)18-11-9-17(10-12-18)14(19)7-6-13-5-3-4-8-16-13/h3-8H,2,9-12H2,1H3/b7-6+. The van der Waals surface area contributed by atoms with Crippen molar-refractivity contribution >= 4 is 18.1 Å². The maximum atomic E-state index is 12.1. The summed E-state index contributed by atoms with van der Waals surface area (Å²) in [4.78, 5) is 31.1.